The van der Waals surface area contributed by atoms with Gasteiger partial charge >= 0.3 is 5.97 Å². The third kappa shape index (κ3) is 4.70. The Hall–Kier alpha value is -1.63. The van der Waals surface area contributed by atoms with Crippen molar-refractivity contribution in [1.82, 2.24) is 0 Å². The fraction of sp³-hybridized carbons (Fsp3) is 0.364. The summed E-state index contributed by atoms with van der Waals surface area (Å²) in [5.74, 6) is -0.0256. The summed E-state index contributed by atoms with van der Waals surface area (Å²) in [6.45, 7) is 2.16. The molecule has 0 saturated heterocycles. The number of rotatable bonds is 6. The van der Waals surface area contributed by atoms with Crippen LogP contribution in [0.5, 0.6) is 5.75 Å². The molecule has 0 aliphatic rings. The zero-order valence-electron chi connectivity index (χ0n) is 9.72. The highest BCUT2D eigenvalue weighted by molar-refractivity contribution is 9.10. The number of nitro benzene ring substituents is 1. The number of non-ortho nitro benzene ring substituents is 1. The van der Waals surface area contributed by atoms with Crippen molar-refractivity contribution >= 4 is 27.6 Å². The zero-order valence-corrected chi connectivity index (χ0v) is 11.3. The Kier molecular flexibility index (Phi) is 5.57. The molecule has 0 bridgehead atoms. The quantitative estimate of drug-likeness (QED) is 0.458. The van der Waals surface area contributed by atoms with Crippen LogP contribution >= 0.6 is 15.9 Å². The zero-order chi connectivity index (χ0) is 13.5. The van der Waals surface area contributed by atoms with Crippen molar-refractivity contribution in [3.63, 3.8) is 0 Å². The summed E-state index contributed by atoms with van der Waals surface area (Å²) in [5, 5.41) is 10.6. The van der Waals surface area contributed by atoms with Crippen molar-refractivity contribution in [2.24, 2.45) is 0 Å². The third-order valence-corrected chi connectivity index (χ3v) is 2.40. The first-order valence-corrected chi connectivity index (χ1v) is 6.05. The van der Waals surface area contributed by atoms with Crippen LogP contribution in [0, 0.1) is 10.1 Å². The summed E-state index contributed by atoms with van der Waals surface area (Å²) in [6, 6.07) is 4.27. The predicted octanol–water partition coefficient (Wildman–Crippen LogP) is 2.69. The molecule has 0 spiro atoms. The van der Waals surface area contributed by atoms with Crippen molar-refractivity contribution < 1.29 is 19.2 Å². The van der Waals surface area contributed by atoms with Crippen LogP contribution in [-0.4, -0.2) is 24.1 Å². The molecule has 18 heavy (non-hydrogen) atoms. The number of nitrogens with zero attached hydrogens (tertiary/aromatic N) is 1. The lowest BCUT2D eigenvalue weighted by Gasteiger charge is -2.06. The van der Waals surface area contributed by atoms with Crippen LogP contribution in [0.2, 0.25) is 0 Å². The Morgan fingerprint density at radius 3 is 2.78 bits per heavy atom. The van der Waals surface area contributed by atoms with Gasteiger partial charge in [-0.15, -0.1) is 0 Å². The lowest BCUT2D eigenvalue weighted by molar-refractivity contribution is -0.385. The number of esters is 1. The minimum Gasteiger partial charge on any atom is -0.493 e. The van der Waals surface area contributed by atoms with Gasteiger partial charge in [0.05, 0.1) is 30.6 Å². The predicted molar refractivity (Wildman–Crippen MR) is 67.5 cm³/mol. The first kappa shape index (κ1) is 14.4. The molecule has 0 aliphatic heterocycles. The number of ether oxygens (including phenoxy) is 2. The van der Waals surface area contributed by atoms with Crippen LogP contribution in [0.4, 0.5) is 5.69 Å². The molecule has 6 nitrogen and oxygen atoms in total. The normalized spacial score (nSPS) is 9.89. The van der Waals surface area contributed by atoms with Gasteiger partial charge in [-0.1, -0.05) is 15.9 Å². The number of hydrogen-bond acceptors (Lipinski definition) is 5. The largest absolute Gasteiger partial charge is 0.493 e. The van der Waals surface area contributed by atoms with E-state index < -0.39 is 4.92 Å². The molecule has 0 radical (unpaired) electrons. The molecule has 98 valence electrons. The van der Waals surface area contributed by atoms with E-state index in [-0.39, 0.29) is 24.7 Å². The topological polar surface area (TPSA) is 78.7 Å². The number of hydrogen-bond donors (Lipinski definition) is 0. The van der Waals surface area contributed by atoms with Crippen molar-refractivity contribution in [2.75, 3.05) is 13.2 Å². The molecule has 0 aromatic heterocycles. The summed E-state index contributed by atoms with van der Waals surface area (Å²) in [7, 11) is 0. The Balaban J connectivity index is 2.57. The van der Waals surface area contributed by atoms with E-state index in [0.29, 0.717) is 16.8 Å². The smallest absolute Gasteiger partial charge is 0.309 e. The molecule has 0 saturated carbocycles. The maximum Gasteiger partial charge on any atom is 0.309 e. The van der Waals surface area contributed by atoms with Crippen LogP contribution in [-0.2, 0) is 9.53 Å². The monoisotopic (exact) mass is 317 g/mol. The number of carbonyl (C=O) groups is 1. The fourth-order valence-corrected chi connectivity index (χ4v) is 1.68. The van der Waals surface area contributed by atoms with E-state index in [9.17, 15) is 14.9 Å². The lowest BCUT2D eigenvalue weighted by Crippen LogP contribution is -2.09. The van der Waals surface area contributed by atoms with Crippen LogP contribution in [0.25, 0.3) is 0 Å². The van der Waals surface area contributed by atoms with E-state index in [1.165, 1.54) is 12.1 Å². The van der Waals surface area contributed by atoms with Gasteiger partial charge < -0.3 is 9.47 Å². The third-order valence-electron chi connectivity index (χ3n) is 1.95. The van der Waals surface area contributed by atoms with Gasteiger partial charge in [0.1, 0.15) is 5.75 Å². The fourth-order valence-electron chi connectivity index (χ4n) is 1.22. The Morgan fingerprint density at radius 2 is 2.17 bits per heavy atom. The van der Waals surface area contributed by atoms with Gasteiger partial charge in [-0.3, -0.25) is 14.9 Å². The SMILES string of the molecule is CCOC(=O)CCOc1cc(Br)cc([N+](=O)[O-])c1. The molecular weight excluding hydrogens is 306 g/mol. The second kappa shape index (κ2) is 6.95. The van der Waals surface area contributed by atoms with Gasteiger partial charge in [0, 0.05) is 10.5 Å². The van der Waals surface area contributed by atoms with E-state index in [0.717, 1.165) is 0 Å². The van der Waals surface area contributed by atoms with E-state index in [1.807, 2.05) is 0 Å². The van der Waals surface area contributed by atoms with Gasteiger partial charge in [0.25, 0.3) is 5.69 Å². The molecule has 0 amide bonds. The molecule has 7 heteroatoms. The standard InChI is InChI=1S/C11H12BrNO5/c1-2-17-11(14)3-4-18-10-6-8(12)5-9(7-10)13(15)16/h5-7H,2-4H2,1H3. The molecule has 1 aromatic rings. The molecule has 0 aliphatic carbocycles. The molecular formula is C11H12BrNO5. The van der Waals surface area contributed by atoms with Crippen molar-refractivity contribution in [1.29, 1.82) is 0 Å². The average Bonchev–Trinajstić information content (AvgIpc) is 2.28. The molecule has 0 atom stereocenters. The van der Waals surface area contributed by atoms with Crippen molar-refractivity contribution in [2.45, 2.75) is 13.3 Å². The Bertz CT molecular complexity index is 449. The van der Waals surface area contributed by atoms with E-state index in [2.05, 4.69) is 15.9 Å². The Labute approximate surface area is 112 Å². The van der Waals surface area contributed by atoms with Gasteiger partial charge in [0.2, 0.25) is 0 Å². The summed E-state index contributed by atoms with van der Waals surface area (Å²) < 4.78 is 10.5. The molecule has 0 fully saturated rings. The van der Waals surface area contributed by atoms with Crippen molar-refractivity contribution in [3.05, 3.63) is 32.8 Å². The highest BCUT2D eigenvalue weighted by Gasteiger charge is 2.10. The lowest BCUT2D eigenvalue weighted by atomic mass is 10.3. The number of carbonyl (C=O) groups excluding carboxylic acids is 1. The van der Waals surface area contributed by atoms with Crippen LogP contribution in [0.1, 0.15) is 13.3 Å². The number of halogens is 1. The first-order chi connectivity index (χ1) is 8.52. The second-order valence-corrected chi connectivity index (χ2v) is 4.22. The number of benzene rings is 1. The second-order valence-electron chi connectivity index (χ2n) is 3.31. The summed E-state index contributed by atoms with van der Waals surface area (Å²) >= 11 is 3.15. The minimum atomic E-state index is -0.511. The minimum absolute atomic E-state index is 0.0736. The maximum atomic E-state index is 11.1. The van der Waals surface area contributed by atoms with E-state index in [4.69, 9.17) is 9.47 Å². The van der Waals surface area contributed by atoms with Crippen molar-refractivity contribution in [3.8, 4) is 5.75 Å². The van der Waals surface area contributed by atoms with Gasteiger partial charge in [0.15, 0.2) is 0 Å². The van der Waals surface area contributed by atoms with Crippen LogP contribution in [0.3, 0.4) is 0 Å². The number of nitro groups is 1. The molecule has 0 unspecified atom stereocenters. The van der Waals surface area contributed by atoms with E-state index in [1.54, 1.807) is 13.0 Å². The molecule has 1 rings (SSSR count). The van der Waals surface area contributed by atoms with Crippen LogP contribution < -0.4 is 4.74 Å². The van der Waals surface area contributed by atoms with Gasteiger partial charge in [-0.2, -0.15) is 0 Å². The van der Waals surface area contributed by atoms with Crippen LogP contribution in [0.15, 0.2) is 22.7 Å². The molecule has 0 heterocycles. The highest BCUT2D eigenvalue weighted by atomic mass is 79.9. The maximum absolute atomic E-state index is 11.1. The summed E-state index contributed by atoms with van der Waals surface area (Å²) in [4.78, 5) is 21.2. The summed E-state index contributed by atoms with van der Waals surface area (Å²) in [5.41, 5.74) is -0.0736. The van der Waals surface area contributed by atoms with Gasteiger partial charge in [-0.25, -0.2) is 0 Å². The summed E-state index contributed by atoms with van der Waals surface area (Å²) in [6.07, 6.45) is 0.105. The average molecular weight is 318 g/mol. The molecule has 0 N–H and O–H groups in total. The Morgan fingerprint density at radius 1 is 1.44 bits per heavy atom. The first-order valence-electron chi connectivity index (χ1n) is 5.26. The molecule has 1 aromatic carbocycles. The van der Waals surface area contributed by atoms with Gasteiger partial charge in [-0.05, 0) is 13.0 Å². The van der Waals surface area contributed by atoms with E-state index >= 15 is 0 Å². The highest BCUT2D eigenvalue weighted by Crippen LogP contribution is 2.26.